The molecule has 0 bridgehead atoms. The number of quaternary nitrogens is 1. The van der Waals surface area contributed by atoms with E-state index in [0.717, 1.165) is 6.42 Å². The predicted octanol–water partition coefficient (Wildman–Crippen LogP) is 7.67. The first-order valence-corrected chi connectivity index (χ1v) is 13.8. The molecule has 0 fully saturated rings. The van der Waals surface area contributed by atoms with Crippen LogP contribution < -0.4 is 0 Å². The van der Waals surface area contributed by atoms with Gasteiger partial charge < -0.3 is 13.9 Å². The highest BCUT2D eigenvalue weighted by atomic mass is 31.2. The molecule has 1 N–H and O–H groups in total. The summed E-state index contributed by atoms with van der Waals surface area (Å²) in [7, 11) is 2.24. The summed E-state index contributed by atoms with van der Waals surface area (Å²) in [5, 5.41) is 0. The van der Waals surface area contributed by atoms with Gasteiger partial charge in [-0.1, -0.05) is 96.6 Å². The quantitative estimate of drug-likeness (QED) is 0.0929. The largest absolute Gasteiger partial charge is 0.385 e. The smallest absolute Gasteiger partial charge is 0.320 e. The number of hydrogen-bond acceptors (Lipinski definition) is 2. The van der Waals surface area contributed by atoms with Crippen molar-refractivity contribution >= 4 is 7.60 Å². The Bertz CT molecular complexity index is 446. The third-order valence-electron chi connectivity index (χ3n) is 5.59. The highest BCUT2D eigenvalue weighted by Crippen LogP contribution is 2.51. The summed E-state index contributed by atoms with van der Waals surface area (Å²) in [4.78, 5) is 10.2. The minimum atomic E-state index is -3.58. The first-order chi connectivity index (χ1) is 13.8. The fraction of sp³-hybridized carbons (Fsp3) is 0.917. The van der Waals surface area contributed by atoms with E-state index in [4.69, 9.17) is 4.52 Å². The maximum absolute atomic E-state index is 12.4. The van der Waals surface area contributed by atoms with Gasteiger partial charge in [-0.15, -0.1) is 0 Å². The minimum absolute atomic E-state index is 0.319. The standard InChI is InChI=1S/C24H50NO3P/c1-6-8-9-10-11-12-13-14-15-16-17-18-19-20-21-22-23-28-29(26,27)24(7-2)25(3,4)5/h20-21,24H,6-19,22-23H2,1-5H3/p+1. The number of unbranched alkanes of at least 4 members (excludes halogenated alkanes) is 12. The Morgan fingerprint density at radius 1 is 0.793 bits per heavy atom. The molecule has 0 radical (unpaired) electrons. The van der Waals surface area contributed by atoms with Crippen LogP contribution in [0.2, 0.25) is 0 Å². The topological polar surface area (TPSA) is 46.5 Å². The second kappa shape index (κ2) is 17.5. The molecule has 0 aliphatic heterocycles. The summed E-state index contributed by atoms with van der Waals surface area (Å²) >= 11 is 0. The Morgan fingerprint density at radius 2 is 1.24 bits per heavy atom. The van der Waals surface area contributed by atoms with Crippen molar-refractivity contribution in [2.75, 3.05) is 27.7 Å². The van der Waals surface area contributed by atoms with Gasteiger partial charge in [0.1, 0.15) is 0 Å². The highest BCUT2D eigenvalue weighted by Gasteiger charge is 2.41. The third-order valence-corrected chi connectivity index (χ3v) is 7.95. The summed E-state index contributed by atoms with van der Waals surface area (Å²) in [6.07, 6.45) is 23.2. The lowest BCUT2D eigenvalue weighted by atomic mass is 10.0. The van der Waals surface area contributed by atoms with Gasteiger partial charge >= 0.3 is 7.60 Å². The minimum Gasteiger partial charge on any atom is -0.320 e. The van der Waals surface area contributed by atoms with Gasteiger partial charge in [0.15, 0.2) is 5.78 Å². The van der Waals surface area contributed by atoms with Gasteiger partial charge in [-0.2, -0.15) is 0 Å². The Morgan fingerprint density at radius 3 is 1.69 bits per heavy atom. The molecule has 0 saturated carbocycles. The van der Waals surface area contributed by atoms with Crippen molar-refractivity contribution in [3.63, 3.8) is 0 Å². The summed E-state index contributed by atoms with van der Waals surface area (Å²) in [5.74, 6) is -0.368. The molecule has 0 aliphatic carbocycles. The summed E-state index contributed by atoms with van der Waals surface area (Å²) in [6.45, 7) is 4.53. The predicted molar refractivity (Wildman–Crippen MR) is 127 cm³/mol. The lowest BCUT2D eigenvalue weighted by Gasteiger charge is -2.35. The Kier molecular flexibility index (Phi) is 17.4. The van der Waals surface area contributed by atoms with Crippen LogP contribution in [0.15, 0.2) is 12.2 Å². The van der Waals surface area contributed by atoms with E-state index in [1.807, 2.05) is 28.1 Å². The number of allylic oxidation sites excluding steroid dienone is 1. The van der Waals surface area contributed by atoms with Crippen molar-refractivity contribution in [1.82, 2.24) is 0 Å². The van der Waals surface area contributed by atoms with E-state index in [9.17, 15) is 9.46 Å². The summed E-state index contributed by atoms with van der Waals surface area (Å²) in [6, 6.07) is 0. The number of rotatable bonds is 20. The highest BCUT2D eigenvalue weighted by molar-refractivity contribution is 7.53. The molecule has 0 aromatic heterocycles. The van der Waals surface area contributed by atoms with E-state index in [1.54, 1.807) is 0 Å². The molecule has 4 nitrogen and oxygen atoms in total. The summed E-state index contributed by atoms with van der Waals surface area (Å²) in [5.41, 5.74) is 0. The molecule has 29 heavy (non-hydrogen) atoms. The van der Waals surface area contributed by atoms with Gasteiger partial charge in [-0.25, -0.2) is 0 Å². The molecule has 0 saturated heterocycles. The third kappa shape index (κ3) is 16.2. The molecule has 0 aliphatic rings. The molecule has 174 valence electrons. The van der Waals surface area contributed by atoms with Gasteiger partial charge in [0.25, 0.3) is 0 Å². The maximum atomic E-state index is 12.4. The van der Waals surface area contributed by atoms with Crippen LogP contribution in [0.3, 0.4) is 0 Å². The van der Waals surface area contributed by atoms with Gasteiger partial charge in [0.05, 0.1) is 27.7 Å². The monoisotopic (exact) mass is 432 g/mol. The van der Waals surface area contributed by atoms with Crippen LogP contribution in [0.1, 0.15) is 110 Å². The average molecular weight is 433 g/mol. The van der Waals surface area contributed by atoms with E-state index in [-0.39, 0.29) is 5.78 Å². The first-order valence-electron chi connectivity index (χ1n) is 12.2. The van der Waals surface area contributed by atoms with Crippen LogP contribution in [0.5, 0.6) is 0 Å². The zero-order valence-electron chi connectivity index (χ0n) is 20.2. The molecular weight excluding hydrogens is 381 g/mol. The molecule has 2 atom stereocenters. The lowest BCUT2D eigenvalue weighted by Crippen LogP contribution is -2.44. The lowest BCUT2D eigenvalue weighted by molar-refractivity contribution is -0.883. The molecule has 5 heteroatoms. The average Bonchev–Trinajstić information content (AvgIpc) is 2.63. The molecule has 0 aromatic rings. The van der Waals surface area contributed by atoms with Crippen molar-refractivity contribution in [2.45, 2.75) is 116 Å². The molecule has 0 heterocycles. The van der Waals surface area contributed by atoms with E-state index in [0.29, 0.717) is 23.9 Å². The number of nitrogens with zero attached hydrogens (tertiary/aromatic N) is 1. The van der Waals surface area contributed by atoms with Gasteiger partial charge in [-0.3, -0.25) is 4.57 Å². The van der Waals surface area contributed by atoms with Crippen LogP contribution in [0.4, 0.5) is 0 Å². The van der Waals surface area contributed by atoms with Crippen molar-refractivity contribution in [1.29, 1.82) is 0 Å². The SMILES string of the molecule is CCCCCCCCCCCCCCC=CCCOP(=O)(O)C(CC)[N+](C)(C)C. The molecule has 0 amide bonds. The summed E-state index contributed by atoms with van der Waals surface area (Å²) < 4.78 is 18.3. The van der Waals surface area contributed by atoms with Crippen molar-refractivity contribution in [3.8, 4) is 0 Å². The molecule has 0 spiro atoms. The van der Waals surface area contributed by atoms with Crippen LogP contribution in [0.25, 0.3) is 0 Å². The molecule has 2 unspecified atom stereocenters. The van der Waals surface area contributed by atoms with Crippen LogP contribution in [0, 0.1) is 0 Å². The fourth-order valence-electron chi connectivity index (χ4n) is 3.89. The van der Waals surface area contributed by atoms with E-state index in [2.05, 4.69) is 19.1 Å². The van der Waals surface area contributed by atoms with Crippen molar-refractivity contribution in [2.24, 2.45) is 0 Å². The van der Waals surface area contributed by atoms with Crippen LogP contribution >= 0.6 is 7.60 Å². The molecule has 0 aromatic carbocycles. The van der Waals surface area contributed by atoms with Gasteiger partial charge in [-0.05, 0) is 19.3 Å². The van der Waals surface area contributed by atoms with Crippen molar-refractivity contribution < 1.29 is 18.5 Å². The Balaban J connectivity index is 3.56. The zero-order chi connectivity index (χ0) is 22.0. The van der Waals surface area contributed by atoms with Crippen LogP contribution in [-0.4, -0.2) is 42.9 Å². The van der Waals surface area contributed by atoms with Gasteiger partial charge in [0, 0.05) is 6.42 Å². The van der Waals surface area contributed by atoms with E-state index in [1.165, 1.54) is 77.0 Å². The maximum Gasteiger partial charge on any atom is 0.385 e. The fourth-order valence-corrected chi connectivity index (χ4v) is 5.77. The van der Waals surface area contributed by atoms with E-state index >= 15 is 0 Å². The Labute approximate surface area is 182 Å². The van der Waals surface area contributed by atoms with Crippen LogP contribution in [-0.2, 0) is 9.09 Å². The zero-order valence-corrected chi connectivity index (χ0v) is 21.1. The first kappa shape index (κ1) is 28.9. The normalized spacial score (nSPS) is 15.7. The van der Waals surface area contributed by atoms with Crippen molar-refractivity contribution in [3.05, 3.63) is 12.2 Å². The number of hydrogen-bond donors (Lipinski definition) is 1. The van der Waals surface area contributed by atoms with Gasteiger partial charge in [0.2, 0.25) is 0 Å². The Hall–Kier alpha value is -0.150. The molecular formula is C24H51NO3P+. The van der Waals surface area contributed by atoms with E-state index < -0.39 is 7.60 Å². The second-order valence-electron chi connectivity index (χ2n) is 9.34. The molecule has 0 rings (SSSR count). The second-order valence-corrected chi connectivity index (χ2v) is 11.3.